The number of carbonyl (C=O) groups excluding carboxylic acids is 1. The Balaban J connectivity index is 2.43. The van der Waals surface area contributed by atoms with E-state index in [9.17, 15) is 18.4 Å². The van der Waals surface area contributed by atoms with E-state index in [0.717, 1.165) is 23.1 Å². The number of aliphatic carboxylic acids is 1. The first-order valence-corrected chi connectivity index (χ1v) is 6.03. The summed E-state index contributed by atoms with van der Waals surface area (Å²) >= 11 is 0. The van der Waals surface area contributed by atoms with Gasteiger partial charge in [0.15, 0.2) is 0 Å². The highest BCUT2D eigenvalue weighted by Crippen LogP contribution is 2.19. The second-order valence-corrected chi connectivity index (χ2v) is 4.24. The smallest absolute Gasteiger partial charge is 0.323 e. The first-order valence-electron chi connectivity index (χ1n) is 6.03. The van der Waals surface area contributed by atoms with Crippen molar-refractivity contribution in [3.63, 3.8) is 0 Å². The lowest BCUT2D eigenvalue weighted by Crippen LogP contribution is -2.36. The monoisotopic (exact) mass is 291 g/mol. The molecule has 2 rings (SSSR count). The number of rotatable bonds is 4. The molecule has 0 aliphatic heterocycles. The lowest BCUT2D eigenvalue weighted by molar-refractivity contribution is -0.135. The Hall–Kier alpha value is -2.76. The number of benzene rings is 2. The fourth-order valence-electron chi connectivity index (χ4n) is 1.83. The van der Waals surface area contributed by atoms with Gasteiger partial charge in [-0.1, -0.05) is 18.2 Å². The third-order valence-electron chi connectivity index (χ3n) is 2.77. The SMILES string of the molecule is O=C(O)CN(C(=O)c1cc(F)ccc1F)c1ccccc1. The van der Waals surface area contributed by atoms with Crippen molar-refractivity contribution in [2.45, 2.75) is 0 Å². The number of hydrogen-bond acceptors (Lipinski definition) is 2. The minimum Gasteiger partial charge on any atom is -0.480 e. The molecule has 1 amide bonds. The quantitative estimate of drug-likeness (QED) is 0.942. The van der Waals surface area contributed by atoms with Crippen LogP contribution in [-0.4, -0.2) is 23.5 Å². The van der Waals surface area contributed by atoms with Crippen molar-refractivity contribution >= 4 is 17.6 Å². The summed E-state index contributed by atoms with van der Waals surface area (Å²) in [7, 11) is 0. The molecule has 6 heteroatoms. The molecule has 0 atom stereocenters. The fourth-order valence-corrected chi connectivity index (χ4v) is 1.83. The summed E-state index contributed by atoms with van der Waals surface area (Å²) in [6.07, 6.45) is 0. The zero-order valence-electron chi connectivity index (χ0n) is 10.8. The summed E-state index contributed by atoms with van der Waals surface area (Å²) in [5.41, 5.74) is -0.228. The van der Waals surface area contributed by atoms with Crippen molar-refractivity contribution in [2.75, 3.05) is 11.4 Å². The maximum Gasteiger partial charge on any atom is 0.323 e. The van der Waals surface area contributed by atoms with Crippen LogP contribution in [0.5, 0.6) is 0 Å². The Labute approximate surface area is 119 Å². The average Bonchev–Trinajstić information content (AvgIpc) is 2.47. The van der Waals surface area contributed by atoms with E-state index in [2.05, 4.69) is 0 Å². The van der Waals surface area contributed by atoms with Gasteiger partial charge in [-0.25, -0.2) is 8.78 Å². The standard InChI is InChI=1S/C15H11F2NO3/c16-10-6-7-13(17)12(8-10)15(21)18(9-14(19)20)11-4-2-1-3-5-11/h1-8H,9H2,(H,19,20). The van der Waals surface area contributed by atoms with Crippen LogP contribution in [0.3, 0.4) is 0 Å². The van der Waals surface area contributed by atoms with Gasteiger partial charge in [0.25, 0.3) is 5.91 Å². The first kappa shape index (κ1) is 14.6. The number of hydrogen-bond donors (Lipinski definition) is 1. The zero-order chi connectivity index (χ0) is 15.4. The van der Waals surface area contributed by atoms with E-state index in [-0.39, 0.29) is 5.69 Å². The van der Waals surface area contributed by atoms with E-state index in [1.807, 2.05) is 0 Å². The van der Waals surface area contributed by atoms with Crippen LogP contribution in [0.25, 0.3) is 0 Å². The number of amides is 1. The Morgan fingerprint density at radius 2 is 1.71 bits per heavy atom. The molecule has 0 aromatic heterocycles. The molecule has 0 aliphatic carbocycles. The number of halogens is 2. The number of anilines is 1. The lowest BCUT2D eigenvalue weighted by atomic mass is 10.1. The molecule has 0 aliphatic rings. The van der Waals surface area contributed by atoms with E-state index in [1.165, 1.54) is 12.1 Å². The average molecular weight is 291 g/mol. The number of para-hydroxylation sites is 1. The van der Waals surface area contributed by atoms with Gasteiger partial charge in [-0.05, 0) is 30.3 Å². The van der Waals surface area contributed by atoms with Gasteiger partial charge in [0.1, 0.15) is 18.2 Å². The number of nitrogens with zero attached hydrogens (tertiary/aromatic N) is 1. The van der Waals surface area contributed by atoms with E-state index in [1.54, 1.807) is 18.2 Å². The van der Waals surface area contributed by atoms with Gasteiger partial charge in [0, 0.05) is 5.69 Å². The van der Waals surface area contributed by atoms with Gasteiger partial charge in [0.05, 0.1) is 5.56 Å². The van der Waals surface area contributed by atoms with Gasteiger partial charge in [-0.2, -0.15) is 0 Å². The summed E-state index contributed by atoms with van der Waals surface area (Å²) < 4.78 is 26.9. The highest BCUT2D eigenvalue weighted by atomic mass is 19.1. The van der Waals surface area contributed by atoms with Crippen LogP contribution in [0, 0.1) is 11.6 Å². The summed E-state index contributed by atoms with van der Waals surface area (Å²) in [5.74, 6) is -3.86. The minimum atomic E-state index is -1.26. The number of carboxylic acid groups (broad SMARTS) is 1. The summed E-state index contributed by atoms with van der Waals surface area (Å²) in [5, 5.41) is 8.90. The fraction of sp³-hybridized carbons (Fsp3) is 0.0667. The second kappa shape index (κ2) is 6.13. The van der Waals surface area contributed by atoms with Crippen LogP contribution in [0.4, 0.5) is 14.5 Å². The van der Waals surface area contributed by atoms with E-state index >= 15 is 0 Å². The molecule has 2 aromatic carbocycles. The van der Waals surface area contributed by atoms with Gasteiger partial charge < -0.3 is 5.11 Å². The minimum absolute atomic E-state index is 0.286. The molecule has 0 saturated carbocycles. The van der Waals surface area contributed by atoms with Crippen LogP contribution < -0.4 is 4.90 Å². The van der Waals surface area contributed by atoms with Crippen molar-refractivity contribution in [3.8, 4) is 0 Å². The molecule has 0 radical (unpaired) electrons. The maximum absolute atomic E-state index is 13.7. The van der Waals surface area contributed by atoms with Crippen molar-refractivity contribution in [2.24, 2.45) is 0 Å². The highest BCUT2D eigenvalue weighted by Gasteiger charge is 2.23. The predicted octanol–water partition coefficient (Wildman–Crippen LogP) is 2.70. The molecule has 2 aromatic rings. The third-order valence-corrected chi connectivity index (χ3v) is 2.77. The van der Waals surface area contributed by atoms with Crippen LogP contribution in [-0.2, 0) is 4.79 Å². The molecule has 0 spiro atoms. The molecule has 108 valence electrons. The molecule has 21 heavy (non-hydrogen) atoms. The van der Waals surface area contributed by atoms with Gasteiger partial charge in [-0.15, -0.1) is 0 Å². The van der Waals surface area contributed by atoms with Crippen LogP contribution in [0.2, 0.25) is 0 Å². The molecule has 1 N–H and O–H groups in total. The molecule has 0 fully saturated rings. The number of carbonyl (C=O) groups is 2. The van der Waals surface area contributed by atoms with Crippen molar-refractivity contribution in [3.05, 3.63) is 65.7 Å². The Bertz CT molecular complexity index is 674. The topological polar surface area (TPSA) is 57.6 Å². The van der Waals surface area contributed by atoms with Gasteiger partial charge >= 0.3 is 5.97 Å². The van der Waals surface area contributed by atoms with Crippen LogP contribution in [0.1, 0.15) is 10.4 Å². The van der Waals surface area contributed by atoms with Crippen LogP contribution >= 0.6 is 0 Å². The van der Waals surface area contributed by atoms with Crippen molar-refractivity contribution in [1.82, 2.24) is 0 Å². The van der Waals surface area contributed by atoms with Crippen molar-refractivity contribution in [1.29, 1.82) is 0 Å². The van der Waals surface area contributed by atoms with E-state index in [4.69, 9.17) is 5.11 Å². The molecular formula is C15H11F2NO3. The summed E-state index contributed by atoms with van der Waals surface area (Å²) in [6, 6.07) is 10.4. The molecule has 0 heterocycles. The normalized spacial score (nSPS) is 10.2. The Morgan fingerprint density at radius 3 is 2.33 bits per heavy atom. The largest absolute Gasteiger partial charge is 0.480 e. The summed E-state index contributed by atoms with van der Waals surface area (Å²) in [4.78, 5) is 24.1. The van der Waals surface area contributed by atoms with Gasteiger partial charge in [-0.3, -0.25) is 14.5 Å². The Morgan fingerprint density at radius 1 is 1.05 bits per heavy atom. The number of carboxylic acids is 1. The molecular weight excluding hydrogens is 280 g/mol. The molecule has 0 unspecified atom stereocenters. The summed E-state index contributed by atoms with van der Waals surface area (Å²) in [6.45, 7) is -0.654. The molecule has 4 nitrogen and oxygen atoms in total. The highest BCUT2D eigenvalue weighted by molar-refractivity contribution is 6.08. The third kappa shape index (κ3) is 3.42. The lowest BCUT2D eigenvalue weighted by Gasteiger charge is -2.21. The maximum atomic E-state index is 13.7. The second-order valence-electron chi connectivity index (χ2n) is 4.24. The predicted molar refractivity (Wildman–Crippen MR) is 72.1 cm³/mol. The van der Waals surface area contributed by atoms with E-state index < -0.39 is 35.6 Å². The first-order chi connectivity index (χ1) is 9.99. The molecule has 0 saturated heterocycles. The van der Waals surface area contributed by atoms with Gasteiger partial charge in [0.2, 0.25) is 0 Å². The zero-order valence-corrected chi connectivity index (χ0v) is 10.8. The van der Waals surface area contributed by atoms with E-state index in [0.29, 0.717) is 0 Å². The van der Waals surface area contributed by atoms with Crippen molar-refractivity contribution < 1.29 is 23.5 Å². The van der Waals surface area contributed by atoms with Crippen LogP contribution in [0.15, 0.2) is 48.5 Å². The Kier molecular flexibility index (Phi) is 4.27. The molecule has 0 bridgehead atoms.